The van der Waals surface area contributed by atoms with Crippen molar-refractivity contribution in [1.82, 2.24) is 9.21 Å². The van der Waals surface area contributed by atoms with Gasteiger partial charge in [0.05, 0.1) is 0 Å². The zero-order chi connectivity index (χ0) is 14.2. The van der Waals surface area contributed by atoms with Crippen LogP contribution in [0, 0.1) is 11.6 Å². The topological polar surface area (TPSA) is 66.6 Å². The van der Waals surface area contributed by atoms with Gasteiger partial charge >= 0.3 is 0 Å². The number of nitrogens with two attached hydrogens (primary N) is 1. The highest BCUT2D eigenvalue weighted by molar-refractivity contribution is 7.89. The molecule has 1 aliphatic rings. The molecule has 2 rings (SSSR count). The number of hydrogen-bond acceptors (Lipinski definition) is 4. The number of benzene rings is 1. The summed E-state index contributed by atoms with van der Waals surface area (Å²) in [4.78, 5) is 1.26. The molecule has 1 aliphatic heterocycles. The Kier molecular flexibility index (Phi) is 3.75. The lowest BCUT2D eigenvalue weighted by Gasteiger charge is -2.31. The Bertz CT molecular complexity index is 584. The monoisotopic (exact) mass is 291 g/mol. The highest BCUT2D eigenvalue weighted by Gasteiger charge is 2.31. The third-order valence-corrected chi connectivity index (χ3v) is 5.00. The highest BCUT2D eigenvalue weighted by atomic mass is 32.2. The van der Waals surface area contributed by atoms with Crippen LogP contribution in [0.3, 0.4) is 0 Å². The van der Waals surface area contributed by atoms with Crippen LogP contribution in [0.4, 0.5) is 14.5 Å². The van der Waals surface area contributed by atoms with Crippen molar-refractivity contribution in [2.24, 2.45) is 0 Å². The number of halogens is 2. The lowest BCUT2D eigenvalue weighted by molar-refractivity contribution is 0.222. The maximum atomic E-state index is 13.7. The van der Waals surface area contributed by atoms with E-state index in [4.69, 9.17) is 5.73 Å². The van der Waals surface area contributed by atoms with Crippen LogP contribution in [0.15, 0.2) is 17.0 Å². The largest absolute Gasteiger partial charge is 0.399 e. The molecule has 0 radical (unpaired) electrons. The Hall–Kier alpha value is -1.25. The molecular weight excluding hydrogens is 276 g/mol. The van der Waals surface area contributed by atoms with Gasteiger partial charge in [0.2, 0.25) is 10.0 Å². The molecule has 1 aromatic carbocycles. The first-order chi connectivity index (χ1) is 8.82. The molecule has 0 spiro atoms. The van der Waals surface area contributed by atoms with Crippen LogP contribution in [-0.2, 0) is 10.0 Å². The molecule has 0 bridgehead atoms. The zero-order valence-electron chi connectivity index (χ0n) is 10.4. The summed E-state index contributed by atoms with van der Waals surface area (Å²) < 4.78 is 52.6. The van der Waals surface area contributed by atoms with Gasteiger partial charge in [0.1, 0.15) is 4.90 Å². The van der Waals surface area contributed by atoms with Crippen LogP contribution in [0.25, 0.3) is 0 Å². The van der Waals surface area contributed by atoms with Crippen molar-refractivity contribution in [3.05, 3.63) is 23.8 Å². The second-order valence-electron chi connectivity index (χ2n) is 4.52. The first kappa shape index (κ1) is 14.2. The molecular formula is C11H15F2N3O2S. The SMILES string of the molecule is CN1CCN(S(=O)(=O)c2cc(N)cc(F)c2F)CC1. The van der Waals surface area contributed by atoms with Gasteiger partial charge in [-0.2, -0.15) is 4.31 Å². The molecule has 0 atom stereocenters. The lowest BCUT2D eigenvalue weighted by Crippen LogP contribution is -2.47. The van der Waals surface area contributed by atoms with E-state index in [-0.39, 0.29) is 18.8 Å². The first-order valence-corrected chi connectivity index (χ1v) is 7.19. The molecule has 1 aromatic rings. The van der Waals surface area contributed by atoms with Crippen molar-refractivity contribution in [1.29, 1.82) is 0 Å². The van der Waals surface area contributed by atoms with Crippen LogP contribution in [0.1, 0.15) is 0 Å². The van der Waals surface area contributed by atoms with Gasteiger partial charge in [0, 0.05) is 31.9 Å². The van der Waals surface area contributed by atoms with Crippen LogP contribution < -0.4 is 5.73 Å². The first-order valence-electron chi connectivity index (χ1n) is 5.75. The summed E-state index contributed by atoms with van der Waals surface area (Å²) in [6.45, 7) is 1.58. The minimum atomic E-state index is -4.05. The van der Waals surface area contributed by atoms with Crippen molar-refractivity contribution in [2.75, 3.05) is 39.0 Å². The third-order valence-electron chi connectivity index (χ3n) is 3.10. The van der Waals surface area contributed by atoms with Crippen molar-refractivity contribution >= 4 is 15.7 Å². The average molecular weight is 291 g/mol. The Morgan fingerprint density at radius 2 is 1.74 bits per heavy atom. The fourth-order valence-electron chi connectivity index (χ4n) is 1.94. The fraction of sp³-hybridized carbons (Fsp3) is 0.455. The standard InChI is InChI=1S/C11H15F2N3O2S/c1-15-2-4-16(5-3-15)19(17,18)10-7-8(14)6-9(12)11(10)13/h6-7H,2-5,14H2,1H3. The average Bonchev–Trinajstić information content (AvgIpc) is 2.34. The smallest absolute Gasteiger partial charge is 0.246 e. The summed E-state index contributed by atoms with van der Waals surface area (Å²) >= 11 is 0. The number of likely N-dealkylation sites (N-methyl/N-ethyl adjacent to an activating group) is 1. The molecule has 0 aliphatic carbocycles. The second kappa shape index (κ2) is 5.03. The van der Waals surface area contributed by atoms with Crippen molar-refractivity contribution in [3.63, 3.8) is 0 Å². The molecule has 0 unspecified atom stereocenters. The van der Waals surface area contributed by atoms with Crippen molar-refractivity contribution in [2.45, 2.75) is 4.90 Å². The molecule has 0 amide bonds. The Morgan fingerprint density at radius 3 is 2.32 bits per heavy atom. The molecule has 106 valence electrons. The normalized spacial score (nSPS) is 18.7. The quantitative estimate of drug-likeness (QED) is 0.805. The van der Waals surface area contributed by atoms with E-state index >= 15 is 0 Å². The van der Waals surface area contributed by atoms with E-state index in [1.807, 2.05) is 11.9 Å². The Balaban J connectivity index is 2.40. The summed E-state index contributed by atoms with van der Waals surface area (Å²) in [7, 11) is -2.18. The Labute approximate surface area is 110 Å². The third kappa shape index (κ3) is 2.70. The molecule has 19 heavy (non-hydrogen) atoms. The molecule has 1 fully saturated rings. The minimum absolute atomic E-state index is 0.119. The van der Waals surface area contributed by atoms with E-state index in [0.717, 1.165) is 16.4 Å². The van der Waals surface area contributed by atoms with Crippen LogP contribution in [0.2, 0.25) is 0 Å². The van der Waals surface area contributed by atoms with Gasteiger partial charge in [-0.05, 0) is 19.2 Å². The molecule has 0 saturated carbocycles. The summed E-state index contributed by atoms with van der Waals surface area (Å²) in [6, 6.07) is 1.71. The molecule has 0 aromatic heterocycles. The summed E-state index contributed by atoms with van der Waals surface area (Å²) in [5, 5.41) is 0. The number of sulfonamides is 1. The Morgan fingerprint density at radius 1 is 1.16 bits per heavy atom. The molecule has 1 heterocycles. The number of hydrogen-bond donors (Lipinski definition) is 1. The molecule has 5 nitrogen and oxygen atoms in total. The molecule has 2 N–H and O–H groups in total. The van der Waals surface area contributed by atoms with Gasteiger partial charge in [-0.3, -0.25) is 0 Å². The zero-order valence-corrected chi connectivity index (χ0v) is 11.3. The lowest BCUT2D eigenvalue weighted by atomic mass is 10.3. The van der Waals surface area contributed by atoms with E-state index in [2.05, 4.69) is 0 Å². The van der Waals surface area contributed by atoms with E-state index in [1.54, 1.807) is 0 Å². The van der Waals surface area contributed by atoms with Crippen LogP contribution in [-0.4, -0.2) is 50.8 Å². The maximum Gasteiger partial charge on any atom is 0.246 e. The summed E-state index contributed by atoms with van der Waals surface area (Å²) in [6.07, 6.45) is 0. The number of piperazine rings is 1. The van der Waals surface area contributed by atoms with Crippen LogP contribution in [0.5, 0.6) is 0 Å². The molecule has 1 saturated heterocycles. The summed E-state index contributed by atoms with van der Waals surface area (Å²) in [5.41, 5.74) is 5.26. The van der Waals surface area contributed by atoms with E-state index < -0.39 is 26.6 Å². The number of nitrogens with zero attached hydrogens (tertiary/aromatic N) is 2. The van der Waals surface area contributed by atoms with Gasteiger partial charge in [-0.25, -0.2) is 17.2 Å². The van der Waals surface area contributed by atoms with Gasteiger partial charge in [0.25, 0.3) is 0 Å². The van der Waals surface area contributed by atoms with Crippen molar-refractivity contribution < 1.29 is 17.2 Å². The van der Waals surface area contributed by atoms with Gasteiger partial charge in [-0.1, -0.05) is 0 Å². The molecule has 8 heteroatoms. The van der Waals surface area contributed by atoms with E-state index in [9.17, 15) is 17.2 Å². The summed E-state index contributed by atoms with van der Waals surface area (Å²) in [5.74, 6) is -2.64. The van der Waals surface area contributed by atoms with E-state index in [0.29, 0.717) is 13.1 Å². The predicted molar refractivity (Wildman–Crippen MR) is 67.0 cm³/mol. The number of anilines is 1. The van der Waals surface area contributed by atoms with Crippen LogP contribution >= 0.6 is 0 Å². The van der Waals surface area contributed by atoms with Gasteiger partial charge in [-0.15, -0.1) is 0 Å². The van der Waals surface area contributed by atoms with Crippen molar-refractivity contribution in [3.8, 4) is 0 Å². The van der Waals surface area contributed by atoms with Gasteiger partial charge in [0.15, 0.2) is 11.6 Å². The highest BCUT2D eigenvalue weighted by Crippen LogP contribution is 2.24. The maximum absolute atomic E-state index is 13.7. The number of rotatable bonds is 2. The van der Waals surface area contributed by atoms with E-state index in [1.165, 1.54) is 0 Å². The number of nitrogen functional groups attached to an aromatic ring is 1. The van der Waals surface area contributed by atoms with Gasteiger partial charge < -0.3 is 10.6 Å². The fourth-order valence-corrected chi connectivity index (χ4v) is 3.47. The second-order valence-corrected chi connectivity index (χ2v) is 6.43. The minimum Gasteiger partial charge on any atom is -0.399 e. The predicted octanol–water partition coefficient (Wildman–Crippen LogP) is 0.483.